The topological polar surface area (TPSA) is 16.3 Å². The second-order valence-corrected chi connectivity index (χ2v) is 15.6. The number of hydrogen-bond donors (Lipinski definition) is 0. The molecule has 0 saturated carbocycles. The van der Waals surface area contributed by atoms with Crippen molar-refractivity contribution in [3.63, 3.8) is 0 Å². The molecule has 0 amide bonds. The zero-order chi connectivity index (χ0) is 41.9. The smallest absolute Gasteiger partial charge is 0.314 e. The lowest BCUT2D eigenvalue weighted by molar-refractivity contribution is -0.164. The fourth-order valence-electron chi connectivity index (χ4n) is 9.94. The van der Waals surface area contributed by atoms with Crippen LogP contribution in [0.1, 0.15) is 22.5 Å². The minimum Gasteiger partial charge on any atom is -0.314 e. The first-order chi connectivity index (χ1) is 29.4. The van der Waals surface area contributed by atoms with Crippen LogP contribution in [0.25, 0.3) is 33.2 Å². The second kappa shape index (κ2) is 13.2. The average molecular weight is 815 g/mol. The van der Waals surface area contributed by atoms with Crippen molar-refractivity contribution < 1.29 is 26.3 Å². The normalized spacial score (nSPS) is 12.9. The van der Waals surface area contributed by atoms with Crippen LogP contribution in [0.3, 0.4) is 0 Å². The van der Waals surface area contributed by atoms with Crippen molar-refractivity contribution >= 4 is 79.0 Å². The van der Waals surface area contributed by atoms with Gasteiger partial charge in [0.15, 0.2) is 0 Å². The van der Waals surface area contributed by atoms with Crippen LogP contribution >= 0.6 is 0 Å². The molecule has 11 rings (SSSR count). The van der Waals surface area contributed by atoms with Crippen LogP contribution in [0.2, 0.25) is 0 Å². The maximum atomic E-state index is 15.8. The molecule has 0 unspecified atom stereocenters. The lowest BCUT2D eigenvalue weighted by Gasteiger charge is -2.35. The van der Waals surface area contributed by atoms with Crippen LogP contribution in [-0.4, -0.2) is 15.8 Å². The second-order valence-electron chi connectivity index (χ2n) is 15.6. The summed E-state index contributed by atoms with van der Waals surface area (Å²) >= 11 is 0. The van der Waals surface area contributed by atoms with Crippen molar-refractivity contribution in [1.82, 2.24) is 9.13 Å². The van der Waals surface area contributed by atoms with Gasteiger partial charge in [-0.15, -0.1) is 0 Å². The number of aryl methyl sites for hydroxylation is 1. The van der Waals surface area contributed by atoms with E-state index in [1.807, 2.05) is 85.8 Å². The molecule has 2 aromatic heterocycles. The fourth-order valence-corrected chi connectivity index (χ4v) is 9.94. The number of para-hydroxylation sites is 4. The van der Waals surface area contributed by atoms with Gasteiger partial charge in [0.25, 0.3) is 6.71 Å². The minimum absolute atomic E-state index is 0.0138. The number of rotatable bonds is 6. The summed E-state index contributed by atoms with van der Waals surface area (Å²) in [6, 6.07) is 49.9. The Morgan fingerprint density at radius 2 is 0.852 bits per heavy atom. The highest BCUT2D eigenvalue weighted by Crippen LogP contribution is 2.52. The third-order valence-electron chi connectivity index (χ3n) is 12.3. The zero-order valence-corrected chi connectivity index (χ0v) is 32.7. The van der Waals surface area contributed by atoms with Gasteiger partial charge < -0.3 is 18.9 Å². The quantitative estimate of drug-likeness (QED) is 0.123. The lowest BCUT2D eigenvalue weighted by Crippen LogP contribution is -2.59. The summed E-state index contributed by atoms with van der Waals surface area (Å²) < 4.78 is 97.6. The molecule has 0 spiro atoms. The van der Waals surface area contributed by atoms with Crippen molar-refractivity contribution in [3.8, 4) is 11.4 Å². The minimum atomic E-state index is -5.38. The van der Waals surface area contributed by atoms with E-state index < -0.39 is 35.7 Å². The average Bonchev–Trinajstić information content (AvgIpc) is 3.78. The van der Waals surface area contributed by atoms with E-state index in [9.17, 15) is 0 Å². The van der Waals surface area contributed by atoms with E-state index in [-0.39, 0.29) is 16.9 Å². The van der Waals surface area contributed by atoms with Gasteiger partial charge in [-0.05, 0) is 109 Å². The van der Waals surface area contributed by atoms with Gasteiger partial charge in [-0.3, -0.25) is 0 Å². The van der Waals surface area contributed by atoms with Gasteiger partial charge in [-0.2, -0.15) is 26.3 Å². The van der Waals surface area contributed by atoms with Gasteiger partial charge in [0.05, 0.1) is 28.0 Å². The van der Waals surface area contributed by atoms with E-state index >= 15 is 26.3 Å². The number of aromatic nitrogens is 2. The maximum Gasteiger partial charge on any atom is 0.432 e. The molecule has 0 bridgehead atoms. The number of nitrogens with zero attached hydrogens (tertiary/aromatic N) is 4. The lowest BCUT2D eigenvalue weighted by atomic mass is 9.34. The first-order valence-electron chi connectivity index (χ1n) is 19.9. The fraction of sp³-hybridized carbons (Fsp3) is 0.0800. The van der Waals surface area contributed by atoms with Crippen LogP contribution in [0.15, 0.2) is 164 Å². The van der Waals surface area contributed by atoms with Crippen molar-refractivity contribution in [1.29, 1.82) is 0 Å². The number of halogens is 6. The highest BCUT2D eigenvalue weighted by atomic mass is 19.4. The van der Waals surface area contributed by atoms with Gasteiger partial charge in [0.2, 0.25) is 0 Å². The van der Waals surface area contributed by atoms with Gasteiger partial charge in [0, 0.05) is 50.6 Å². The van der Waals surface area contributed by atoms with Crippen LogP contribution in [0.5, 0.6) is 0 Å². The molecule has 2 aliphatic rings. The Morgan fingerprint density at radius 3 is 1.28 bits per heavy atom. The number of anilines is 6. The summed E-state index contributed by atoms with van der Waals surface area (Å²) in [7, 11) is 0. The van der Waals surface area contributed by atoms with Gasteiger partial charge in [-0.1, -0.05) is 91.0 Å². The predicted octanol–water partition coefficient (Wildman–Crippen LogP) is 12.3. The molecule has 0 saturated heterocycles. The molecule has 0 aliphatic carbocycles. The van der Waals surface area contributed by atoms with E-state index in [2.05, 4.69) is 16.4 Å². The van der Waals surface area contributed by atoms with E-state index in [1.165, 1.54) is 6.07 Å². The number of hydrogen-bond acceptors (Lipinski definition) is 2. The highest BCUT2D eigenvalue weighted by Gasteiger charge is 2.53. The summed E-state index contributed by atoms with van der Waals surface area (Å²) in [5, 5.41) is 0.431. The van der Waals surface area contributed by atoms with Crippen molar-refractivity contribution in [2.45, 2.75) is 26.2 Å². The monoisotopic (exact) mass is 814 g/mol. The molecule has 11 heteroatoms. The summed E-state index contributed by atoms with van der Waals surface area (Å²) in [4.78, 5) is 3.80. The van der Waals surface area contributed by atoms with Crippen LogP contribution in [-0.2, 0) is 12.4 Å². The Labute approximate surface area is 347 Å². The molecule has 4 nitrogen and oxygen atoms in total. The largest absolute Gasteiger partial charge is 0.432 e. The van der Waals surface area contributed by atoms with E-state index in [0.717, 1.165) is 49.3 Å². The molecule has 298 valence electrons. The Balaban J connectivity index is 1.27. The molecule has 0 fully saturated rings. The van der Waals surface area contributed by atoms with Gasteiger partial charge in [0.1, 0.15) is 5.69 Å². The van der Waals surface area contributed by atoms with E-state index in [1.54, 1.807) is 83.8 Å². The van der Waals surface area contributed by atoms with E-state index in [0.29, 0.717) is 28.0 Å². The highest BCUT2D eigenvalue weighted by molar-refractivity contribution is 7.00. The summed E-state index contributed by atoms with van der Waals surface area (Å²) in [6.07, 6.45) is -10.8. The number of benzene rings is 7. The third-order valence-corrected chi connectivity index (χ3v) is 12.3. The molecule has 4 heterocycles. The summed E-state index contributed by atoms with van der Waals surface area (Å²) in [5.74, 6) is 0. The molecule has 2 aliphatic heterocycles. The Hall–Kier alpha value is -7.14. The number of alkyl halides is 6. The molecule has 61 heavy (non-hydrogen) atoms. The summed E-state index contributed by atoms with van der Waals surface area (Å²) in [5.41, 5.74) is 5.25. The van der Waals surface area contributed by atoms with Crippen LogP contribution in [0, 0.1) is 13.8 Å². The maximum absolute atomic E-state index is 15.8. The van der Waals surface area contributed by atoms with Crippen molar-refractivity contribution in [2.24, 2.45) is 0 Å². The standard InChI is InChI=1S/C50H33BF6N4/c1-30-31(2)58-40-24-15-25-41-45(40)51(36-26-28-38(42(30)46(36)58)59(32-16-7-3-8-17-32)33-18-9-4-10-19-33)37-27-29-39(60(34-20-11-5-12-21-34)35-22-13-6-14-23-35)43-44(49(52,53)54)48(50(55,56)57)61(41)47(37)43/h3-29H,1-2H3. The number of fused-ring (bicyclic) bond motifs is 4. The first kappa shape index (κ1) is 36.9. The molecule has 0 radical (unpaired) electrons. The van der Waals surface area contributed by atoms with Crippen LogP contribution in [0.4, 0.5) is 60.5 Å². The molecular weight excluding hydrogens is 781 g/mol. The SMILES string of the molecule is Cc1c(C)n2c3c(ccc(N(c4ccccc4)c4ccccc4)c13)B1c3c-2cccc3-n2c(C(F)(F)F)c(C(F)(F)F)c3c(N(c4ccccc4)c4ccccc4)ccc1c32. The molecular formula is C50H33BF6N4. The third kappa shape index (κ3) is 5.29. The van der Waals surface area contributed by atoms with E-state index in [4.69, 9.17) is 0 Å². The molecule has 0 N–H and O–H groups in total. The Bertz CT molecular complexity index is 3110. The molecule has 9 aromatic rings. The van der Waals surface area contributed by atoms with Crippen molar-refractivity contribution in [2.75, 3.05) is 9.80 Å². The first-order valence-corrected chi connectivity index (χ1v) is 19.9. The zero-order valence-electron chi connectivity index (χ0n) is 32.7. The van der Waals surface area contributed by atoms with Crippen LogP contribution < -0.4 is 26.2 Å². The van der Waals surface area contributed by atoms with Crippen molar-refractivity contribution in [3.05, 3.63) is 186 Å². The molecule has 0 atom stereocenters. The van der Waals surface area contributed by atoms with Gasteiger partial charge in [-0.25, -0.2) is 0 Å². The molecule has 7 aromatic carbocycles. The van der Waals surface area contributed by atoms with Gasteiger partial charge >= 0.3 is 12.4 Å². The Kier molecular flexibility index (Phi) is 7.98. The predicted molar refractivity (Wildman–Crippen MR) is 234 cm³/mol. The Morgan fingerprint density at radius 1 is 0.443 bits per heavy atom. The summed E-state index contributed by atoms with van der Waals surface area (Å²) in [6.45, 7) is 3.34.